The van der Waals surface area contributed by atoms with Crippen LogP contribution in [-0.2, 0) is 20.9 Å². The van der Waals surface area contributed by atoms with Gasteiger partial charge in [-0.2, -0.15) is 0 Å². The Morgan fingerprint density at radius 1 is 1.08 bits per heavy atom. The van der Waals surface area contributed by atoms with Crippen LogP contribution in [0.15, 0.2) is 54.6 Å². The zero-order valence-corrected chi connectivity index (χ0v) is 13.9. The maximum absolute atomic E-state index is 13.4. The van der Waals surface area contributed by atoms with Gasteiger partial charge >= 0.3 is 5.97 Å². The van der Waals surface area contributed by atoms with E-state index in [4.69, 9.17) is 9.47 Å². The van der Waals surface area contributed by atoms with Gasteiger partial charge < -0.3 is 14.8 Å². The molecule has 1 amide bonds. The van der Waals surface area contributed by atoms with Crippen molar-refractivity contribution in [2.24, 2.45) is 0 Å². The summed E-state index contributed by atoms with van der Waals surface area (Å²) in [5, 5.41) is 2.72. The molecule has 0 saturated carbocycles. The summed E-state index contributed by atoms with van der Waals surface area (Å²) in [4.78, 5) is 23.9. The summed E-state index contributed by atoms with van der Waals surface area (Å²) in [6, 6.07) is 15.2. The normalized spacial score (nSPS) is 11.4. The highest BCUT2D eigenvalue weighted by Gasteiger charge is 2.21. The molecule has 0 aliphatic heterocycles. The summed E-state index contributed by atoms with van der Waals surface area (Å²) in [6.07, 6.45) is -0.591. The first kappa shape index (κ1) is 18.4. The number of esters is 1. The molecule has 0 radical (unpaired) electrons. The van der Waals surface area contributed by atoms with E-state index in [-0.39, 0.29) is 11.7 Å². The largest absolute Gasteiger partial charge is 0.479 e. The van der Waals surface area contributed by atoms with E-state index in [1.54, 1.807) is 13.0 Å². The van der Waals surface area contributed by atoms with E-state index in [9.17, 15) is 14.0 Å². The second-order valence-electron chi connectivity index (χ2n) is 5.31. The molecule has 2 aromatic rings. The van der Waals surface area contributed by atoms with Gasteiger partial charge in [-0.05, 0) is 24.1 Å². The Morgan fingerprint density at radius 3 is 2.44 bits per heavy atom. The summed E-state index contributed by atoms with van der Waals surface area (Å²) in [6.45, 7) is 1.61. The van der Waals surface area contributed by atoms with Gasteiger partial charge in [-0.3, -0.25) is 4.79 Å². The van der Waals surface area contributed by atoms with Crippen LogP contribution in [0.1, 0.15) is 18.9 Å². The molecule has 25 heavy (non-hydrogen) atoms. The number of benzene rings is 2. The number of hydrogen-bond acceptors (Lipinski definition) is 4. The zero-order chi connectivity index (χ0) is 18.1. The topological polar surface area (TPSA) is 64.6 Å². The summed E-state index contributed by atoms with van der Waals surface area (Å²) in [5.41, 5.74) is 0.944. The molecular formula is C19H20FNO4. The van der Waals surface area contributed by atoms with Crippen molar-refractivity contribution in [3.8, 4) is 5.75 Å². The van der Waals surface area contributed by atoms with Gasteiger partial charge in [0.2, 0.25) is 0 Å². The smallest absolute Gasteiger partial charge is 0.344 e. The first-order chi connectivity index (χ1) is 12.1. The zero-order valence-electron chi connectivity index (χ0n) is 13.9. The van der Waals surface area contributed by atoms with Crippen LogP contribution in [0.4, 0.5) is 4.39 Å². The molecule has 0 aromatic heterocycles. The van der Waals surface area contributed by atoms with Gasteiger partial charge in [0.15, 0.2) is 24.3 Å². The minimum absolute atomic E-state index is 0.0407. The van der Waals surface area contributed by atoms with Gasteiger partial charge in [0.25, 0.3) is 5.91 Å². The van der Waals surface area contributed by atoms with Crippen LogP contribution in [-0.4, -0.2) is 24.6 Å². The minimum atomic E-state index is -0.916. The Labute approximate surface area is 145 Å². The van der Waals surface area contributed by atoms with Crippen molar-refractivity contribution in [3.05, 3.63) is 66.0 Å². The van der Waals surface area contributed by atoms with Crippen LogP contribution >= 0.6 is 0 Å². The third kappa shape index (κ3) is 5.91. The van der Waals surface area contributed by atoms with Crippen molar-refractivity contribution >= 4 is 11.9 Å². The molecule has 2 aromatic carbocycles. The molecular weight excluding hydrogens is 325 g/mol. The number of halogens is 1. The lowest BCUT2D eigenvalue weighted by atomic mass is 10.2. The van der Waals surface area contributed by atoms with E-state index in [2.05, 4.69) is 5.32 Å². The average molecular weight is 345 g/mol. The molecule has 2 rings (SSSR count). The number of hydrogen-bond donors (Lipinski definition) is 1. The highest BCUT2D eigenvalue weighted by molar-refractivity contribution is 5.84. The lowest BCUT2D eigenvalue weighted by Gasteiger charge is -2.16. The molecule has 1 N–H and O–H groups in total. The molecule has 0 aliphatic rings. The number of ether oxygens (including phenoxy) is 2. The summed E-state index contributed by atoms with van der Waals surface area (Å²) < 4.78 is 23.6. The molecule has 1 unspecified atom stereocenters. The Bertz CT molecular complexity index is 706. The fraction of sp³-hybridized carbons (Fsp3) is 0.263. The number of rotatable bonds is 8. The van der Waals surface area contributed by atoms with Gasteiger partial charge in [0.1, 0.15) is 0 Å². The van der Waals surface area contributed by atoms with Gasteiger partial charge in [-0.15, -0.1) is 0 Å². The highest BCUT2D eigenvalue weighted by Crippen LogP contribution is 2.15. The van der Waals surface area contributed by atoms with Gasteiger partial charge in [-0.1, -0.05) is 49.4 Å². The number of nitrogens with one attached hydrogen (secondary N) is 1. The Hall–Kier alpha value is -2.89. The predicted octanol–water partition coefficient (Wildman–Crippen LogP) is 2.84. The van der Waals surface area contributed by atoms with Crippen LogP contribution in [0, 0.1) is 5.82 Å². The number of carbonyl (C=O) groups is 2. The van der Waals surface area contributed by atoms with Crippen LogP contribution in [0.5, 0.6) is 5.75 Å². The lowest BCUT2D eigenvalue weighted by molar-refractivity contribution is -0.158. The van der Waals surface area contributed by atoms with Gasteiger partial charge in [-0.25, -0.2) is 9.18 Å². The monoisotopic (exact) mass is 345 g/mol. The molecule has 6 heteroatoms. The van der Waals surface area contributed by atoms with Gasteiger partial charge in [0, 0.05) is 6.54 Å². The van der Waals surface area contributed by atoms with E-state index < -0.39 is 24.5 Å². The van der Waals surface area contributed by atoms with Crippen LogP contribution < -0.4 is 10.1 Å². The molecule has 0 saturated heterocycles. The first-order valence-corrected chi connectivity index (χ1v) is 7.98. The molecule has 0 heterocycles. The SMILES string of the molecule is CCC(OC(=O)COc1ccccc1F)C(=O)NCc1ccccc1. The fourth-order valence-corrected chi connectivity index (χ4v) is 2.11. The van der Waals surface area contributed by atoms with Crippen molar-refractivity contribution in [3.63, 3.8) is 0 Å². The van der Waals surface area contributed by atoms with Gasteiger partial charge in [0.05, 0.1) is 0 Å². The lowest BCUT2D eigenvalue weighted by Crippen LogP contribution is -2.38. The van der Waals surface area contributed by atoms with Crippen LogP contribution in [0.3, 0.4) is 0 Å². The third-order valence-electron chi connectivity index (χ3n) is 3.43. The molecule has 0 aliphatic carbocycles. The fourth-order valence-electron chi connectivity index (χ4n) is 2.11. The molecule has 0 fully saturated rings. The average Bonchev–Trinajstić information content (AvgIpc) is 2.64. The van der Waals surface area contributed by atoms with E-state index in [1.807, 2.05) is 30.3 Å². The van der Waals surface area contributed by atoms with Crippen molar-refractivity contribution in [1.29, 1.82) is 0 Å². The Balaban J connectivity index is 1.80. The molecule has 0 spiro atoms. The molecule has 5 nitrogen and oxygen atoms in total. The maximum Gasteiger partial charge on any atom is 0.344 e. The van der Waals surface area contributed by atoms with Crippen LogP contribution in [0.2, 0.25) is 0 Å². The van der Waals surface area contributed by atoms with Crippen molar-refractivity contribution in [2.45, 2.75) is 26.0 Å². The van der Waals surface area contributed by atoms with E-state index in [0.717, 1.165) is 5.56 Å². The maximum atomic E-state index is 13.4. The predicted molar refractivity (Wildman–Crippen MR) is 90.4 cm³/mol. The quantitative estimate of drug-likeness (QED) is 0.747. The number of para-hydroxylation sites is 1. The second-order valence-corrected chi connectivity index (χ2v) is 5.31. The number of carbonyl (C=O) groups excluding carboxylic acids is 2. The summed E-state index contributed by atoms with van der Waals surface area (Å²) >= 11 is 0. The Kier molecular flexibility index (Phi) is 6.95. The Morgan fingerprint density at radius 2 is 1.76 bits per heavy atom. The highest BCUT2D eigenvalue weighted by atomic mass is 19.1. The van der Waals surface area contributed by atoms with Crippen LogP contribution in [0.25, 0.3) is 0 Å². The standard InChI is InChI=1S/C19H20FNO4/c1-2-16(19(23)21-12-14-8-4-3-5-9-14)25-18(22)13-24-17-11-7-6-10-15(17)20/h3-11,16H,2,12-13H2,1H3,(H,21,23). The summed E-state index contributed by atoms with van der Waals surface area (Å²) in [5.74, 6) is -1.72. The first-order valence-electron chi connectivity index (χ1n) is 7.98. The van der Waals surface area contributed by atoms with E-state index >= 15 is 0 Å². The molecule has 1 atom stereocenters. The molecule has 132 valence electrons. The van der Waals surface area contributed by atoms with Crippen molar-refractivity contribution in [1.82, 2.24) is 5.32 Å². The van der Waals surface area contributed by atoms with Crippen molar-refractivity contribution < 1.29 is 23.5 Å². The van der Waals surface area contributed by atoms with Crippen molar-refractivity contribution in [2.75, 3.05) is 6.61 Å². The minimum Gasteiger partial charge on any atom is -0.479 e. The number of amides is 1. The third-order valence-corrected chi connectivity index (χ3v) is 3.43. The van der Waals surface area contributed by atoms with E-state index in [0.29, 0.717) is 13.0 Å². The molecule has 0 bridgehead atoms. The van der Waals surface area contributed by atoms with E-state index in [1.165, 1.54) is 18.2 Å². The second kappa shape index (κ2) is 9.42. The summed E-state index contributed by atoms with van der Waals surface area (Å²) in [7, 11) is 0.